The highest BCUT2D eigenvalue weighted by Gasteiger charge is 2.26. The average Bonchev–Trinajstić information content (AvgIpc) is 2.35. The third-order valence-corrected chi connectivity index (χ3v) is 4.87. The Morgan fingerprint density at radius 1 is 1.43 bits per heavy atom. The topological polar surface area (TPSA) is 84.7 Å². The summed E-state index contributed by atoms with van der Waals surface area (Å²) in [7, 11) is 0.147. The van der Waals surface area contributed by atoms with Gasteiger partial charge in [0.15, 0.2) is 0 Å². The van der Waals surface area contributed by atoms with Gasteiger partial charge < -0.3 is 15.4 Å². The van der Waals surface area contributed by atoms with Gasteiger partial charge in [0, 0.05) is 18.3 Å². The monoisotopic (exact) mass is 313 g/mol. The fraction of sp³-hybridized carbons (Fsp3) is 0.571. The minimum absolute atomic E-state index is 0.141. The third-order valence-electron chi connectivity index (χ3n) is 3.28. The Morgan fingerprint density at radius 3 is 2.81 bits per heavy atom. The van der Waals surface area contributed by atoms with Gasteiger partial charge in [-0.05, 0) is 51.6 Å². The molecule has 0 aliphatic carbocycles. The van der Waals surface area contributed by atoms with Crippen LogP contribution in [0, 0.1) is 0 Å². The summed E-state index contributed by atoms with van der Waals surface area (Å²) in [6, 6.07) is 3.05. The zero-order valence-corrected chi connectivity index (χ0v) is 13.5. The van der Waals surface area contributed by atoms with Gasteiger partial charge in [0.05, 0.1) is 6.61 Å². The predicted octanol–water partition coefficient (Wildman–Crippen LogP) is 0.822. The Hall–Kier alpha value is -1.31. The van der Waals surface area contributed by atoms with Gasteiger partial charge in [-0.1, -0.05) is 0 Å². The van der Waals surface area contributed by atoms with Crippen molar-refractivity contribution in [1.82, 2.24) is 9.62 Å². The molecule has 0 bridgehead atoms. The van der Waals surface area contributed by atoms with Crippen LogP contribution in [-0.4, -0.2) is 46.6 Å². The molecule has 0 aromatic heterocycles. The van der Waals surface area contributed by atoms with Crippen molar-refractivity contribution in [2.75, 3.05) is 33.0 Å². The van der Waals surface area contributed by atoms with Crippen LogP contribution in [0.3, 0.4) is 0 Å². The Kier molecular flexibility index (Phi) is 4.75. The molecule has 7 heteroatoms. The number of hydrogen-bond donors (Lipinski definition) is 2. The van der Waals surface area contributed by atoms with Gasteiger partial charge in [-0.3, -0.25) is 0 Å². The molecule has 3 N–H and O–H groups in total. The molecule has 1 aromatic carbocycles. The van der Waals surface area contributed by atoms with Crippen molar-refractivity contribution in [2.24, 2.45) is 0 Å². The minimum atomic E-state index is -3.65. The number of nitrogens with two attached hydrogens (primary N) is 1. The second kappa shape index (κ2) is 6.21. The number of ether oxygens (including phenoxy) is 1. The molecule has 1 atom stereocenters. The van der Waals surface area contributed by atoms with Crippen molar-refractivity contribution in [3.8, 4) is 5.75 Å². The quantitative estimate of drug-likeness (QED) is 0.786. The number of rotatable bonds is 5. The van der Waals surface area contributed by atoms with Gasteiger partial charge in [-0.25, -0.2) is 13.1 Å². The van der Waals surface area contributed by atoms with E-state index in [9.17, 15) is 8.42 Å². The van der Waals surface area contributed by atoms with Crippen molar-refractivity contribution in [1.29, 1.82) is 0 Å². The highest BCUT2D eigenvalue weighted by atomic mass is 32.2. The van der Waals surface area contributed by atoms with E-state index in [-0.39, 0.29) is 10.9 Å². The fourth-order valence-electron chi connectivity index (χ4n) is 2.58. The van der Waals surface area contributed by atoms with E-state index in [0.717, 1.165) is 18.4 Å². The van der Waals surface area contributed by atoms with E-state index in [1.807, 2.05) is 25.9 Å². The molecule has 0 radical (unpaired) electrons. The molecule has 1 heterocycles. The van der Waals surface area contributed by atoms with Crippen molar-refractivity contribution < 1.29 is 13.2 Å². The molecule has 0 fully saturated rings. The van der Waals surface area contributed by atoms with Crippen LogP contribution in [0.15, 0.2) is 17.0 Å². The molecule has 0 saturated heterocycles. The molecule has 0 spiro atoms. The van der Waals surface area contributed by atoms with Gasteiger partial charge >= 0.3 is 0 Å². The van der Waals surface area contributed by atoms with Crippen LogP contribution in [0.4, 0.5) is 5.69 Å². The van der Waals surface area contributed by atoms with Gasteiger partial charge in [-0.2, -0.15) is 0 Å². The molecule has 2 rings (SSSR count). The lowest BCUT2D eigenvalue weighted by molar-refractivity contribution is 0.280. The largest absolute Gasteiger partial charge is 0.492 e. The molecule has 1 aliphatic heterocycles. The standard InChI is InChI=1S/C14H23N3O3S/c1-10(9-17(2)3)16-21(18,19)13-8-12(15)7-11-5-4-6-20-14(11)13/h7-8,10,16H,4-6,9,15H2,1-3H3. The molecular formula is C14H23N3O3S. The van der Waals surface area contributed by atoms with Crippen LogP contribution in [0.25, 0.3) is 0 Å². The van der Waals surface area contributed by atoms with Gasteiger partial charge in [-0.15, -0.1) is 0 Å². The van der Waals surface area contributed by atoms with E-state index in [1.54, 1.807) is 6.07 Å². The normalized spacial score (nSPS) is 16.4. The van der Waals surface area contributed by atoms with E-state index >= 15 is 0 Å². The molecule has 1 aromatic rings. The highest BCUT2D eigenvalue weighted by Crippen LogP contribution is 2.34. The molecule has 118 valence electrons. The number of nitrogens with zero attached hydrogens (tertiary/aromatic N) is 1. The van der Waals surface area contributed by atoms with Crippen molar-refractivity contribution in [2.45, 2.75) is 30.7 Å². The maximum absolute atomic E-state index is 12.6. The summed E-state index contributed by atoms with van der Waals surface area (Å²) in [5.74, 6) is 0.444. The number of hydrogen-bond acceptors (Lipinski definition) is 5. The first kappa shape index (κ1) is 16.1. The fourth-order valence-corrected chi connectivity index (χ4v) is 4.04. The van der Waals surface area contributed by atoms with Gasteiger partial charge in [0.1, 0.15) is 10.6 Å². The summed E-state index contributed by atoms with van der Waals surface area (Å²) in [6.07, 6.45) is 1.66. The second-order valence-electron chi connectivity index (χ2n) is 5.74. The summed E-state index contributed by atoms with van der Waals surface area (Å²) >= 11 is 0. The maximum atomic E-state index is 12.6. The van der Waals surface area contributed by atoms with E-state index in [2.05, 4.69) is 4.72 Å². The molecule has 6 nitrogen and oxygen atoms in total. The van der Waals surface area contributed by atoms with Crippen LogP contribution in [0.1, 0.15) is 18.9 Å². The summed E-state index contributed by atoms with van der Waals surface area (Å²) in [6.45, 7) is 2.98. The zero-order chi connectivity index (χ0) is 15.6. The van der Waals surface area contributed by atoms with Gasteiger partial charge in [0.2, 0.25) is 10.0 Å². The maximum Gasteiger partial charge on any atom is 0.244 e. The van der Waals surface area contributed by atoms with Crippen LogP contribution >= 0.6 is 0 Å². The van der Waals surface area contributed by atoms with E-state index in [1.165, 1.54) is 6.07 Å². The minimum Gasteiger partial charge on any atom is -0.492 e. The van der Waals surface area contributed by atoms with Crippen molar-refractivity contribution in [3.63, 3.8) is 0 Å². The van der Waals surface area contributed by atoms with Crippen LogP contribution < -0.4 is 15.2 Å². The Morgan fingerprint density at radius 2 is 2.14 bits per heavy atom. The van der Waals surface area contributed by atoms with Crippen molar-refractivity contribution in [3.05, 3.63) is 17.7 Å². The summed E-state index contributed by atoms with van der Waals surface area (Å²) in [4.78, 5) is 2.07. The molecule has 0 saturated carbocycles. The number of anilines is 1. The number of sulfonamides is 1. The first-order chi connectivity index (χ1) is 9.79. The lowest BCUT2D eigenvalue weighted by Gasteiger charge is -2.23. The Balaban J connectivity index is 2.34. The summed E-state index contributed by atoms with van der Waals surface area (Å²) in [5, 5.41) is 0. The molecule has 0 amide bonds. The van der Waals surface area contributed by atoms with Crippen LogP contribution in [0.5, 0.6) is 5.75 Å². The Bertz CT molecular complexity index is 614. The second-order valence-corrected chi connectivity index (χ2v) is 7.43. The number of aryl methyl sites for hydroxylation is 1. The average molecular weight is 313 g/mol. The third kappa shape index (κ3) is 3.87. The molecule has 1 aliphatic rings. The Labute approximate surface area is 126 Å². The van der Waals surface area contributed by atoms with E-state index in [0.29, 0.717) is 24.6 Å². The molecule has 1 unspecified atom stereocenters. The summed E-state index contributed by atoms with van der Waals surface area (Å²) in [5.41, 5.74) is 7.14. The smallest absolute Gasteiger partial charge is 0.244 e. The number of fused-ring (bicyclic) bond motifs is 1. The number of nitrogens with one attached hydrogen (secondary N) is 1. The van der Waals surface area contributed by atoms with E-state index < -0.39 is 10.0 Å². The van der Waals surface area contributed by atoms with Crippen LogP contribution in [-0.2, 0) is 16.4 Å². The first-order valence-corrected chi connectivity index (χ1v) is 8.50. The lowest BCUT2D eigenvalue weighted by Crippen LogP contribution is -2.39. The predicted molar refractivity (Wildman–Crippen MR) is 83.0 cm³/mol. The van der Waals surface area contributed by atoms with Gasteiger partial charge in [0.25, 0.3) is 0 Å². The highest BCUT2D eigenvalue weighted by molar-refractivity contribution is 7.89. The molecule has 21 heavy (non-hydrogen) atoms. The molecular weight excluding hydrogens is 290 g/mol. The number of nitrogen functional groups attached to an aromatic ring is 1. The SMILES string of the molecule is CC(CN(C)C)NS(=O)(=O)c1cc(N)cc2c1OCCC2. The number of likely N-dealkylation sites (N-methyl/N-ethyl adjacent to an activating group) is 1. The first-order valence-electron chi connectivity index (χ1n) is 7.02. The zero-order valence-electron chi connectivity index (χ0n) is 12.7. The lowest BCUT2D eigenvalue weighted by atomic mass is 10.1. The summed E-state index contributed by atoms with van der Waals surface area (Å²) < 4.78 is 33.4. The van der Waals surface area contributed by atoms with Crippen LogP contribution in [0.2, 0.25) is 0 Å². The van der Waals surface area contributed by atoms with E-state index in [4.69, 9.17) is 10.5 Å². The number of benzene rings is 1. The van der Waals surface area contributed by atoms with Crippen molar-refractivity contribution >= 4 is 15.7 Å².